The molecular formula is C8H17NO4S. The van der Waals surface area contributed by atoms with E-state index in [4.69, 9.17) is 5.11 Å². The fraction of sp³-hybridized carbons (Fsp3) is 0.875. The van der Waals surface area contributed by atoms with Crippen molar-refractivity contribution in [2.24, 2.45) is 0 Å². The van der Waals surface area contributed by atoms with Gasteiger partial charge >= 0.3 is 5.97 Å². The van der Waals surface area contributed by atoms with Gasteiger partial charge in [0, 0.05) is 7.05 Å². The van der Waals surface area contributed by atoms with Gasteiger partial charge in [-0.15, -0.1) is 0 Å². The summed E-state index contributed by atoms with van der Waals surface area (Å²) in [6.45, 7) is 3.24. The van der Waals surface area contributed by atoms with Crippen LogP contribution < -0.4 is 0 Å². The predicted molar refractivity (Wildman–Crippen MR) is 53.6 cm³/mol. The Balaban J connectivity index is 4.50. The summed E-state index contributed by atoms with van der Waals surface area (Å²) in [5, 5.41) is 8.64. The Morgan fingerprint density at radius 3 is 2.36 bits per heavy atom. The first-order chi connectivity index (χ1) is 6.33. The van der Waals surface area contributed by atoms with E-state index in [2.05, 4.69) is 0 Å². The molecule has 0 aromatic heterocycles. The minimum atomic E-state index is -3.41. The zero-order valence-electron chi connectivity index (χ0n) is 8.73. The second kappa shape index (κ2) is 5.31. The third-order valence-corrected chi connectivity index (χ3v) is 4.10. The maximum Gasteiger partial charge on any atom is 0.321 e. The number of carboxylic acid groups (broad SMARTS) is 1. The zero-order chi connectivity index (χ0) is 11.4. The molecule has 0 bridgehead atoms. The normalized spacial score (nSPS) is 14.3. The summed E-state index contributed by atoms with van der Waals surface area (Å²) >= 11 is 0. The highest BCUT2D eigenvalue weighted by Gasteiger charge is 2.26. The smallest absolute Gasteiger partial charge is 0.321 e. The van der Waals surface area contributed by atoms with Crippen LogP contribution in [0.5, 0.6) is 0 Å². The molecule has 0 aromatic carbocycles. The third kappa shape index (κ3) is 3.63. The summed E-state index contributed by atoms with van der Waals surface area (Å²) in [5.74, 6) is -1.12. The monoisotopic (exact) mass is 223 g/mol. The lowest BCUT2D eigenvalue weighted by Gasteiger charge is -2.20. The van der Waals surface area contributed by atoms with Gasteiger partial charge in [0.2, 0.25) is 10.0 Å². The van der Waals surface area contributed by atoms with E-state index in [9.17, 15) is 13.2 Å². The lowest BCUT2D eigenvalue weighted by molar-refractivity contribution is -0.140. The van der Waals surface area contributed by atoms with Crippen molar-refractivity contribution in [2.45, 2.75) is 32.7 Å². The largest absolute Gasteiger partial charge is 0.480 e. The standard InChI is InChI=1S/C8H17NO4S/c1-4-5-6-14(12,13)9(3)7(2)8(10)11/h7H,4-6H2,1-3H3,(H,10,11). The maximum absolute atomic E-state index is 11.5. The molecule has 0 amide bonds. The number of nitrogens with zero attached hydrogens (tertiary/aromatic N) is 1. The molecule has 0 fully saturated rings. The molecule has 0 radical (unpaired) electrons. The molecule has 0 heterocycles. The number of rotatable bonds is 6. The Bertz CT molecular complexity index is 286. The number of unbranched alkanes of at least 4 members (excludes halogenated alkanes) is 1. The van der Waals surface area contributed by atoms with Gasteiger partial charge in [-0.2, -0.15) is 4.31 Å². The molecule has 0 aliphatic heterocycles. The molecule has 1 atom stereocenters. The van der Waals surface area contributed by atoms with Crippen molar-refractivity contribution in [2.75, 3.05) is 12.8 Å². The molecule has 0 saturated carbocycles. The maximum atomic E-state index is 11.5. The van der Waals surface area contributed by atoms with E-state index < -0.39 is 22.0 Å². The topological polar surface area (TPSA) is 74.7 Å². The molecular weight excluding hydrogens is 206 g/mol. The van der Waals surface area contributed by atoms with Crippen molar-refractivity contribution in [3.8, 4) is 0 Å². The van der Waals surface area contributed by atoms with Crippen molar-refractivity contribution >= 4 is 16.0 Å². The number of sulfonamides is 1. The molecule has 14 heavy (non-hydrogen) atoms. The van der Waals surface area contributed by atoms with Crippen LogP contribution in [0.2, 0.25) is 0 Å². The van der Waals surface area contributed by atoms with Crippen molar-refractivity contribution in [3.05, 3.63) is 0 Å². The van der Waals surface area contributed by atoms with E-state index in [1.54, 1.807) is 0 Å². The zero-order valence-corrected chi connectivity index (χ0v) is 9.54. The quantitative estimate of drug-likeness (QED) is 0.712. The molecule has 0 aromatic rings. The lowest BCUT2D eigenvalue weighted by Crippen LogP contribution is -2.41. The number of aliphatic carboxylic acids is 1. The van der Waals surface area contributed by atoms with Crippen LogP contribution in [0, 0.1) is 0 Å². The highest BCUT2D eigenvalue weighted by Crippen LogP contribution is 2.07. The molecule has 1 N–H and O–H groups in total. The van der Waals surface area contributed by atoms with E-state index in [-0.39, 0.29) is 5.75 Å². The second-order valence-corrected chi connectivity index (χ2v) is 5.35. The van der Waals surface area contributed by atoms with Crippen LogP contribution in [0.3, 0.4) is 0 Å². The first kappa shape index (κ1) is 13.4. The van der Waals surface area contributed by atoms with Crippen LogP contribution in [-0.2, 0) is 14.8 Å². The van der Waals surface area contributed by atoms with Gasteiger partial charge < -0.3 is 5.11 Å². The van der Waals surface area contributed by atoms with E-state index in [1.165, 1.54) is 14.0 Å². The first-order valence-electron chi connectivity index (χ1n) is 4.51. The Morgan fingerprint density at radius 2 is 2.00 bits per heavy atom. The number of hydrogen-bond acceptors (Lipinski definition) is 3. The highest BCUT2D eigenvalue weighted by atomic mass is 32.2. The van der Waals surface area contributed by atoms with Crippen molar-refractivity contribution in [1.29, 1.82) is 0 Å². The minimum absolute atomic E-state index is 0.0115. The fourth-order valence-electron chi connectivity index (χ4n) is 0.867. The Kier molecular flexibility index (Phi) is 5.07. The van der Waals surface area contributed by atoms with Crippen LogP contribution in [0.15, 0.2) is 0 Å². The highest BCUT2D eigenvalue weighted by molar-refractivity contribution is 7.89. The van der Waals surface area contributed by atoms with E-state index in [0.717, 1.165) is 10.7 Å². The Hall–Kier alpha value is -0.620. The van der Waals surface area contributed by atoms with E-state index in [0.29, 0.717) is 6.42 Å². The summed E-state index contributed by atoms with van der Waals surface area (Å²) in [6.07, 6.45) is 1.33. The second-order valence-electron chi connectivity index (χ2n) is 3.20. The first-order valence-corrected chi connectivity index (χ1v) is 6.12. The van der Waals surface area contributed by atoms with E-state index in [1.807, 2.05) is 6.92 Å². The van der Waals surface area contributed by atoms with Gasteiger partial charge in [0.25, 0.3) is 0 Å². The van der Waals surface area contributed by atoms with Crippen LogP contribution in [-0.4, -0.2) is 42.6 Å². The van der Waals surface area contributed by atoms with Gasteiger partial charge in [-0.25, -0.2) is 8.42 Å². The molecule has 0 saturated heterocycles. The van der Waals surface area contributed by atoms with Crippen LogP contribution in [0.1, 0.15) is 26.7 Å². The van der Waals surface area contributed by atoms with Gasteiger partial charge in [0.1, 0.15) is 6.04 Å². The van der Waals surface area contributed by atoms with Gasteiger partial charge in [-0.05, 0) is 13.3 Å². The molecule has 0 aliphatic rings. The average molecular weight is 223 g/mol. The Morgan fingerprint density at radius 1 is 1.50 bits per heavy atom. The number of carboxylic acids is 1. The molecule has 5 nitrogen and oxygen atoms in total. The predicted octanol–water partition coefficient (Wildman–Crippen LogP) is 0.521. The van der Waals surface area contributed by atoms with E-state index >= 15 is 0 Å². The summed E-state index contributed by atoms with van der Waals surface area (Å²) < 4.78 is 23.9. The molecule has 1 unspecified atom stereocenters. The van der Waals surface area contributed by atoms with Crippen LogP contribution in [0.25, 0.3) is 0 Å². The lowest BCUT2D eigenvalue weighted by atomic mass is 10.4. The van der Waals surface area contributed by atoms with Crippen LogP contribution in [0.4, 0.5) is 0 Å². The number of likely N-dealkylation sites (N-methyl/N-ethyl adjacent to an activating group) is 1. The average Bonchev–Trinajstić information content (AvgIpc) is 2.12. The summed E-state index contributed by atoms with van der Waals surface area (Å²) in [5.41, 5.74) is 0. The van der Waals surface area contributed by atoms with Crippen molar-refractivity contribution in [3.63, 3.8) is 0 Å². The number of hydrogen-bond donors (Lipinski definition) is 1. The van der Waals surface area contributed by atoms with Gasteiger partial charge in [0.05, 0.1) is 5.75 Å². The summed E-state index contributed by atoms with van der Waals surface area (Å²) in [7, 11) is -2.12. The molecule has 0 aliphatic carbocycles. The Labute approximate surface area is 84.8 Å². The molecule has 6 heteroatoms. The summed E-state index contributed by atoms with van der Waals surface area (Å²) in [4.78, 5) is 10.6. The molecule has 0 rings (SSSR count). The number of carbonyl (C=O) groups is 1. The van der Waals surface area contributed by atoms with Crippen molar-refractivity contribution < 1.29 is 18.3 Å². The SMILES string of the molecule is CCCCS(=O)(=O)N(C)C(C)C(=O)O. The minimum Gasteiger partial charge on any atom is -0.480 e. The van der Waals surface area contributed by atoms with Crippen LogP contribution >= 0.6 is 0 Å². The summed E-state index contributed by atoms with van der Waals surface area (Å²) in [6, 6.07) is -1.00. The van der Waals surface area contributed by atoms with Gasteiger partial charge in [-0.1, -0.05) is 13.3 Å². The van der Waals surface area contributed by atoms with Gasteiger partial charge in [-0.3, -0.25) is 4.79 Å². The van der Waals surface area contributed by atoms with Gasteiger partial charge in [0.15, 0.2) is 0 Å². The third-order valence-electron chi connectivity index (χ3n) is 2.10. The molecule has 84 valence electrons. The fourth-order valence-corrected chi connectivity index (χ4v) is 2.38. The van der Waals surface area contributed by atoms with Crippen molar-refractivity contribution in [1.82, 2.24) is 4.31 Å². The molecule has 0 spiro atoms.